The maximum Gasteiger partial charge on any atom is 0.234 e. The van der Waals surface area contributed by atoms with Gasteiger partial charge in [0.2, 0.25) is 5.91 Å². The SMILES string of the molecule is COCC(O)CNCC(=O)NC1CCOCC1. The van der Waals surface area contributed by atoms with Gasteiger partial charge in [0.15, 0.2) is 0 Å². The lowest BCUT2D eigenvalue weighted by atomic mass is 10.1. The van der Waals surface area contributed by atoms with Gasteiger partial charge in [0.25, 0.3) is 0 Å². The van der Waals surface area contributed by atoms with E-state index in [9.17, 15) is 9.90 Å². The minimum absolute atomic E-state index is 0.0403. The molecule has 0 radical (unpaired) electrons. The summed E-state index contributed by atoms with van der Waals surface area (Å²) in [5.41, 5.74) is 0. The molecule has 0 aromatic rings. The summed E-state index contributed by atoms with van der Waals surface area (Å²) in [6.45, 7) is 2.28. The zero-order valence-electron chi connectivity index (χ0n) is 10.3. The maximum absolute atomic E-state index is 11.5. The van der Waals surface area contributed by atoms with Gasteiger partial charge in [0, 0.05) is 32.9 Å². The number of hydrogen-bond acceptors (Lipinski definition) is 5. The number of carbonyl (C=O) groups is 1. The first-order valence-corrected chi connectivity index (χ1v) is 5.97. The molecular weight excluding hydrogens is 224 g/mol. The van der Waals surface area contributed by atoms with Crippen molar-refractivity contribution < 1.29 is 19.4 Å². The summed E-state index contributed by atoms with van der Waals surface area (Å²) in [5, 5.41) is 15.2. The van der Waals surface area contributed by atoms with Crippen LogP contribution < -0.4 is 10.6 Å². The predicted octanol–water partition coefficient (Wildman–Crippen LogP) is -1.12. The second kappa shape index (κ2) is 8.41. The van der Waals surface area contributed by atoms with Gasteiger partial charge in [-0.2, -0.15) is 0 Å². The molecule has 0 bridgehead atoms. The molecule has 0 spiro atoms. The molecule has 1 amide bonds. The van der Waals surface area contributed by atoms with E-state index in [0.29, 0.717) is 19.8 Å². The number of aliphatic hydroxyl groups is 1. The highest BCUT2D eigenvalue weighted by Gasteiger charge is 2.15. The van der Waals surface area contributed by atoms with Crippen LogP contribution in [0.25, 0.3) is 0 Å². The van der Waals surface area contributed by atoms with Gasteiger partial charge in [-0.05, 0) is 12.8 Å². The molecule has 17 heavy (non-hydrogen) atoms. The van der Waals surface area contributed by atoms with E-state index in [1.165, 1.54) is 7.11 Å². The van der Waals surface area contributed by atoms with Crippen LogP contribution in [-0.4, -0.2) is 63.2 Å². The van der Waals surface area contributed by atoms with Crippen LogP contribution in [0.3, 0.4) is 0 Å². The Balaban J connectivity index is 2.04. The van der Waals surface area contributed by atoms with E-state index in [1.54, 1.807) is 0 Å². The Morgan fingerprint density at radius 1 is 1.53 bits per heavy atom. The number of methoxy groups -OCH3 is 1. The Morgan fingerprint density at radius 2 is 2.24 bits per heavy atom. The van der Waals surface area contributed by atoms with E-state index >= 15 is 0 Å². The summed E-state index contributed by atoms with van der Waals surface area (Å²) < 4.78 is 9.99. The topological polar surface area (TPSA) is 79.8 Å². The van der Waals surface area contributed by atoms with Crippen molar-refractivity contribution in [2.45, 2.75) is 25.0 Å². The molecule has 1 aliphatic rings. The Labute approximate surface area is 102 Å². The molecule has 0 aromatic carbocycles. The second-order valence-corrected chi connectivity index (χ2v) is 4.19. The molecule has 1 aliphatic heterocycles. The summed E-state index contributed by atoms with van der Waals surface area (Å²) in [4.78, 5) is 11.5. The molecule has 1 fully saturated rings. The van der Waals surface area contributed by atoms with Crippen LogP contribution in [0, 0.1) is 0 Å². The number of ether oxygens (including phenoxy) is 2. The molecular formula is C11H22N2O4. The number of carbonyl (C=O) groups excluding carboxylic acids is 1. The predicted molar refractivity (Wildman–Crippen MR) is 62.7 cm³/mol. The Morgan fingerprint density at radius 3 is 2.88 bits per heavy atom. The average molecular weight is 246 g/mol. The fourth-order valence-electron chi connectivity index (χ4n) is 1.72. The van der Waals surface area contributed by atoms with Gasteiger partial charge in [-0.1, -0.05) is 0 Å². The van der Waals surface area contributed by atoms with E-state index in [1.807, 2.05) is 0 Å². The number of hydrogen-bond donors (Lipinski definition) is 3. The smallest absolute Gasteiger partial charge is 0.234 e. The normalized spacial score (nSPS) is 18.9. The molecule has 100 valence electrons. The molecule has 3 N–H and O–H groups in total. The van der Waals surface area contributed by atoms with Crippen molar-refractivity contribution in [1.29, 1.82) is 0 Å². The van der Waals surface area contributed by atoms with E-state index < -0.39 is 6.10 Å². The fourth-order valence-corrected chi connectivity index (χ4v) is 1.72. The lowest BCUT2D eigenvalue weighted by molar-refractivity contribution is -0.121. The Hall–Kier alpha value is -0.690. The van der Waals surface area contributed by atoms with Crippen LogP contribution in [0.1, 0.15) is 12.8 Å². The fraction of sp³-hybridized carbons (Fsp3) is 0.909. The van der Waals surface area contributed by atoms with E-state index in [0.717, 1.165) is 12.8 Å². The van der Waals surface area contributed by atoms with Gasteiger partial charge in [-0.15, -0.1) is 0 Å². The second-order valence-electron chi connectivity index (χ2n) is 4.19. The molecule has 1 saturated heterocycles. The summed E-state index contributed by atoms with van der Waals surface area (Å²) >= 11 is 0. The van der Waals surface area contributed by atoms with Gasteiger partial charge in [0.1, 0.15) is 0 Å². The van der Waals surface area contributed by atoms with E-state index in [2.05, 4.69) is 10.6 Å². The molecule has 1 rings (SSSR count). The van der Waals surface area contributed by atoms with Crippen molar-refractivity contribution in [2.24, 2.45) is 0 Å². The minimum atomic E-state index is -0.573. The van der Waals surface area contributed by atoms with Crippen LogP contribution in [-0.2, 0) is 14.3 Å². The van der Waals surface area contributed by atoms with Crippen LogP contribution >= 0.6 is 0 Å². The Kier molecular flexibility index (Phi) is 7.11. The van der Waals surface area contributed by atoms with Crippen molar-refractivity contribution in [2.75, 3.05) is 40.0 Å². The van der Waals surface area contributed by atoms with Crippen LogP contribution in [0.15, 0.2) is 0 Å². The van der Waals surface area contributed by atoms with Crippen molar-refractivity contribution in [3.8, 4) is 0 Å². The molecule has 6 nitrogen and oxygen atoms in total. The first-order valence-electron chi connectivity index (χ1n) is 5.97. The number of aliphatic hydroxyl groups excluding tert-OH is 1. The third-order valence-corrected chi connectivity index (χ3v) is 2.61. The lowest BCUT2D eigenvalue weighted by Crippen LogP contribution is -2.44. The third-order valence-electron chi connectivity index (χ3n) is 2.61. The first-order chi connectivity index (χ1) is 8.22. The standard InChI is InChI=1S/C11H22N2O4/c1-16-8-10(14)6-12-7-11(15)13-9-2-4-17-5-3-9/h9-10,12,14H,2-8H2,1H3,(H,13,15). The lowest BCUT2D eigenvalue weighted by Gasteiger charge is -2.23. The first kappa shape index (κ1) is 14.4. The van der Waals surface area contributed by atoms with Crippen LogP contribution in [0.2, 0.25) is 0 Å². The van der Waals surface area contributed by atoms with Gasteiger partial charge in [-0.25, -0.2) is 0 Å². The molecule has 0 saturated carbocycles. The monoisotopic (exact) mass is 246 g/mol. The van der Waals surface area contributed by atoms with E-state index in [4.69, 9.17) is 9.47 Å². The maximum atomic E-state index is 11.5. The van der Waals surface area contributed by atoms with Crippen molar-refractivity contribution in [1.82, 2.24) is 10.6 Å². The quantitative estimate of drug-likeness (QED) is 0.530. The molecule has 1 unspecified atom stereocenters. The van der Waals surface area contributed by atoms with Gasteiger partial charge in [0.05, 0.1) is 19.3 Å². The summed E-state index contributed by atoms with van der Waals surface area (Å²) in [6.07, 6.45) is 1.17. The summed E-state index contributed by atoms with van der Waals surface area (Å²) in [7, 11) is 1.53. The molecule has 0 aromatic heterocycles. The van der Waals surface area contributed by atoms with Crippen LogP contribution in [0.4, 0.5) is 0 Å². The number of rotatable bonds is 7. The average Bonchev–Trinajstić information content (AvgIpc) is 2.30. The van der Waals surface area contributed by atoms with Gasteiger partial charge >= 0.3 is 0 Å². The zero-order valence-corrected chi connectivity index (χ0v) is 10.3. The Bertz CT molecular complexity index is 220. The third kappa shape index (κ3) is 6.58. The van der Waals surface area contributed by atoms with E-state index in [-0.39, 0.29) is 25.1 Å². The largest absolute Gasteiger partial charge is 0.389 e. The van der Waals surface area contributed by atoms with Crippen molar-refractivity contribution >= 4 is 5.91 Å². The number of nitrogens with one attached hydrogen (secondary N) is 2. The summed E-state index contributed by atoms with van der Waals surface area (Å²) in [6, 6.07) is 0.224. The van der Waals surface area contributed by atoms with Crippen LogP contribution in [0.5, 0.6) is 0 Å². The number of amides is 1. The zero-order chi connectivity index (χ0) is 12.5. The molecule has 6 heteroatoms. The molecule has 1 heterocycles. The minimum Gasteiger partial charge on any atom is -0.389 e. The summed E-state index contributed by atoms with van der Waals surface area (Å²) in [5.74, 6) is -0.0403. The highest BCUT2D eigenvalue weighted by Crippen LogP contribution is 2.05. The van der Waals surface area contributed by atoms with Gasteiger partial charge < -0.3 is 25.2 Å². The van der Waals surface area contributed by atoms with Crippen molar-refractivity contribution in [3.63, 3.8) is 0 Å². The molecule has 0 aliphatic carbocycles. The highest BCUT2D eigenvalue weighted by atomic mass is 16.5. The van der Waals surface area contributed by atoms with Crippen molar-refractivity contribution in [3.05, 3.63) is 0 Å². The van der Waals surface area contributed by atoms with Gasteiger partial charge in [-0.3, -0.25) is 4.79 Å². The molecule has 1 atom stereocenters. The highest BCUT2D eigenvalue weighted by molar-refractivity contribution is 5.78.